The quantitative estimate of drug-likeness (QED) is 0.829. The van der Waals surface area contributed by atoms with Gasteiger partial charge in [0.15, 0.2) is 5.82 Å². The lowest BCUT2D eigenvalue weighted by Crippen LogP contribution is -2.54. The summed E-state index contributed by atoms with van der Waals surface area (Å²) in [4.78, 5) is 11.5. The molecule has 5 nitrogen and oxygen atoms in total. The van der Waals surface area contributed by atoms with E-state index >= 15 is 0 Å². The van der Waals surface area contributed by atoms with E-state index in [4.69, 9.17) is 34.7 Å². The van der Waals surface area contributed by atoms with Crippen molar-refractivity contribution >= 4 is 34.8 Å². The van der Waals surface area contributed by atoms with Gasteiger partial charge in [-0.1, -0.05) is 35.3 Å². The van der Waals surface area contributed by atoms with Crippen LogP contribution in [0.3, 0.4) is 0 Å². The molecule has 25 heavy (non-hydrogen) atoms. The molecule has 1 aromatic carbocycles. The maximum Gasteiger partial charge on any atom is 0.152 e. The lowest BCUT2D eigenvalue weighted by Gasteiger charge is -2.43. The maximum absolute atomic E-state index is 6.39. The van der Waals surface area contributed by atoms with Crippen molar-refractivity contribution in [3.63, 3.8) is 0 Å². The van der Waals surface area contributed by atoms with Crippen LogP contribution in [0.1, 0.15) is 32.6 Å². The van der Waals surface area contributed by atoms with Crippen molar-refractivity contribution in [1.29, 1.82) is 0 Å². The van der Waals surface area contributed by atoms with Crippen LogP contribution in [-0.4, -0.2) is 27.6 Å². The van der Waals surface area contributed by atoms with Gasteiger partial charge >= 0.3 is 0 Å². The fourth-order valence-corrected chi connectivity index (χ4v) is 4.70. The number of piperidine rings is 1. The highest BCUT2D eigenvalue weighted by Crippen LogP contribution is 2.42. The van der Waals surface area contributed by atoms with Crippen LogP contribution in [0, 0.1) is 0 Å². The van der Waals surface area contributed by atoms with E-state index < -0.39 is 0 Å². The second-order valence-electron chi connectivity index (χ2n) is 7.42. The Hall–Kier alpha value is -1.56. The topological polar surface area (TPSA) is 81.1 Å². The number of hydrogen-bond acceptors (Lipinski definition) is 5. The molecule has 4 rings (SSSR count). The number of halogens is 2. The molecular formula is C18H21Cl2N5. The number of benzene rings is 1. The minimum absolute atomic E-state index is 0.102. The summed E-state index contributed by atoms with van der Waals surface area (Å²) >= 11 is 12.4. The average molecular weight is 378 g/mol. The van der Waals surface area contributed by atoms with Gasteiger partial charge in [0.25, 0.3) is 0 Å². The molecule has 132 valence electrons. The van der Waals surface area contributed by atoms with E-state index in [2.05, 4.69) is 21.8 Å². The molecule has 2 saturated heterocycles. The van der Waals surface area contributed by atoms with E-state index in [0.717, 1.165) is 31.5 Å². The molecule has 7 heteroatoms. The van der Waals surface area contributed by atoms with Gasteiger partial charge in [0.05, 0.1) is 16.2 Å². The fourth-order valence-electron chi connectivity index (χ4n) is 4.31. The number of fused-ring (bicyclic) bond motifs is 2. The van der Waals surface area contributed by atoms with Crippen molar-refractivity contribution < 1.29 is 0 Å². The van der Waals surface area contributed by atoms with E-state index in [9.17, 15) is 0 Å². The molecule has 1 aromatic heterocycles. The average Bonchev–Trinajstić information content (AvgIpc) is 2.83. The second kappa shape index (κ2) is 6.01. The minimum atomic E-state index is -0.102. The van der Waals surface area contributed by atoms with E-state index in [1.165, 1.54) is 0 Å². The fraction of sp³-hybridized carbons (Fsp3) is 0.444. The van der Waals surface area contributed by atoms with Crippen molar-refractivity contribution in [2.24, 2.45) is 5.73 Å². The Morgan fingerprint density at radius 2 is 1.88 bits per heavy atom. The highest BCUT2D eigenvalue weighted by atomic mass is 35.5. The number of anilines is 2. The Labute approximate surface area is 157 Å². The number of aromatic nitrogens is 2. The molecule has 0 saturated carbocycles. The molecular weight excluding hydrogens is 357 g/mol. The first-order valence-corrected chi connectivity index (χ1v) is 9.25. The van der Waals surface area contributed by atoms with Gasteiger partial charge in [0, 0.05) is 23.2 Å². The van der Waals surface area contributed by atoms with Gasteiger partial charge in [-0.05, 0) is 38.7 Å². The van der Waals surface area contributed by atoms with Crippen molar-refractivity contribution in [3.8, 4) is 11.3 Å². The monoisotopic (exact) mass is 377 g/mol. The van der Waals surface area contributed by atoms with Gasteiger partial charge in [0.1, 0.15) is 11.5 Å². The third-order valence-corrected chi connectivity index (χ3v) is 6.10. The minimum Gasteiger partial charge on any atom is -0.382 e. The van der Waals surface area contributed by atoms with E-state index in [-0.39, 0.29) is 5.54 Å². The summed E-state index contributed by atoms with van der Waals surface area (Å²) in [5.74, 6) is 1.18. The van der Waals surface area contributed by atoms with Crippen LogP contribution >= 0.6 is 23.2 Å². The van der Waals surface area contributed by atoms with Crippen LogP contribution in [0.15, 0.2) is 24.4 Å². The van der Waals surface area contributed by atoms with Crippen molar-refractivity contribution in [2.45, 2.75) is 50.2 Å². The van der Waals surface area contributed by atoms with Crippen molar-refractivity contribution in [1.82, 2.24) is 9.97 Å². The largest absolute Gasteiger partial charge is 0.382 e. The van der Waals surface area contributed by atoms with Crippen LogP contribution in [0.2, 0.25) is 10.0 Å². The molecule has 2 aliphatic rings. The van der Waals surface area contributed by atoms with Gasteiger partial charge in [-0.25, -0.2) is 9.97 Å². The zero-order valence-electron chi connectivity index (χ0n) is 14.0. The molecule has 0 radical (unpaired) electrons. The molecule has 0 spiro atoms. The number of nitrogens with zero attached hydrogens (tertiary/aromatic N) is 3. The Morgan fingerprint density at radius 1 is 1.20 bits per heavy atom. The van der Waals surface area contributed by atoms with Gasteiger partial charge in [0.2, 0.25) is 0 Å². The zero-order chi connectivity index (χ0) is 17.8. The summed E-state index contributed by atoms with van der Waals surface area (Å²) in [6.07, 6.45) is 6.00. The van der Waals surface area contributed by atoms with Crippen LogP contribution in [0.4, 0.5) is 11.6 Å². The summed E-state index contributed by atoms with van der Waals surface area (Å²) in [7, 11) is 0. The molecule has 2 unspecified atom stereocenters. The molecule has 2 aromatic rings. The summed E-state index contributed by atoms with van der Waals surface area (Å²) < 4.78 is 0. The standard InChI is InChI=1S/C18H21Cl2N5/c1-18(22)7-10-5-6-11(8-18)25(10)14-9-23-16(17(21)24-14)12-3-2-4-13(19)15(12)20/h2-4,9-11H,5-8,22H2,1H3,(H2,21,24). The number of nitrogen functional groups attached to an aromatic ring is 1. The van der Waals surface area contributed by atoms with Crippen LogP contribution in [-0.2, 0) is 0 Å². The molecule has 0 amide bonds. The third-order valence-electron chi connectivity index (χ3n) is 5.28. The maximum atomic E-state index is 6.39. The summed E-state index contributed by atoms with van der Waals surface area (Å²) in [6, 6.07) is 6.22. The van der Waals surface area contributed by atoms with E-state index in [1.54, 1.807) is 12.3 Å². The summed E-state index contributed by atoms with van der Waals surface area (Å²) in [5.41, 5.74) is 13.8. The molecule has 2 bridgehead atoms. The number of rotatable bonds is 2. The van der Waals surface area contributed by atoms with Crippen molar-refractivity contribution in [2.75, 3.05) is 10.6 Å². The Bertz CT molecular complexity index is 807. The molecule has 3 heterocycles. The zero-order valence-corrected chi connectivity index (χ0v) is 15.6. The first-order chi connectivity index (χ1) is 11.9. The first-order valence-electron chi connectivity index (χ1n) is 8.50. The Balaban J connectivity index is 1.68. The van der Waals surface area contributed by atoms with Gasteiger partial charge in [-0.2, -0.15) is 0 Å². The van der Waals surface area contributed by atoms with Crippen LogP contribution < -0.4 is 16.4 Å². The van der Waals surface area contributed by atoms with E-state index in [1.807, 2.05) is 12.1 Å². The van der Waals surface area contributed by atoms with Gasteiger partial charge < -0.3 is 16.4 Å². The molecule has 4 N–H and O–H groups in total. The number of nitrogens with two attached hydrogens (primary N) is 2. The van der Waals surface area contributed by atoms with E-state index in [0.29, 0.717) is 39.2 Å². The van der Waals surface area contributed by atoms with Gasteiger partial charge in [-0.15, -0.1) is 0 Å². The normalized spacial score (nSPS) is 28.4. The predicted molar refractivity (Wildman–Crippen MR) is 103 cm³/mol. The van der Waals surface area contributed by atoms with Gasteiger partial charge in [-0.3, -0.25) is 0 Å². The summed E-state index contributed by atoms with van der Waals surface area (Å²) in [5, 5.41) is 0.913. The molecule has 2 atom stereocenters. The van der Waals surface area contributed by atoms with Crippen molar-refractivity contribution in [3.05, 3.63) is 34.4 Å². The van der Waals surface area contributed by atoms with Crippen LogP contribution in [0.25, 0.3) is 11.3 Å². The summed E-state index contributed by atoms with van der Waals surface area (Å²) in [6.45, 7) is 2.14. The smallest absolute Gasteiger partial charge is 0.152 e. The Morgan fingerprint density at radius 3 is 2.52 bits per heavy atom. The van der Waals surface area contributed by atoms with Crippen LogP contribution in [0.5, 0.6) is 0 Å². The first kappa shape index (κ1) is 16.9. The lowest BCUT2D eigenvalue weighted by molar-refractivity contribution is 0.305. The third kappa shape index (κ3) is 2.94. The highest BCUT2D eigenvalue weighted by molar-refractivity contribution is 6.43. The lowest BCUT2D eigenvalue weighted by atomic mass is 9.85. The Kier molecular flexibility index (Phi) is 4.06. The predicted octanol–water partition coefficient (Wildman–Crippen LogP) is 3.88. The molecule has 2 fully saturated rings. The SMILES string of the molecule is CC1(N)CC2CCC(C1)N2c1cnc(-c2cccc(Cl)c2Cl)c(N)n1. The molecule has 2 aliphatic heterocycles. The molecule has 0 aliphatic carbocycles. The number of hydrogen-bond donors (Lipinski definition) is 2. The second-order valence-corrected chi connectivity index (χ2v) is 8.20. The highest BCUT2D eigenvalue weighted by Gasteiger charge is 2.45.